The second-order valence-corrected chi connectivity index (χ2v) is 6.78. The molecule has 0 spiro atoms. The molecule has 0 amide bonds. The van der Waals surface area contributed by atoms with Gasteiger partial charge in [-0.1, -0.05) is 29.3 Å². The fourth-order valence-electron chi connectivity index (χ4n) is 2.98. The monoisotopic (exact) mass is 386 g/mol. The number of halogens is 4. The van der Waals surface area contributed by atoms with Crippen LogP contribution in [0.25, 0.3) is 16.6 Å². The summed E-state index contributed by atoms with van der Waals surface area (Å²) < 4.78 is 26.9. The number of H-pyrrole nitrogens is 1. The van der Waals surface area contributed by atoms with Gasteiger partial charge in [0.05, 0.1) is 26.7 Å². The van der Waals surface area contributed by atoms with Crippen molar-refractivity contribution in [3.63, 3.8) is 0 Å². The van der Waals surface area contributed by atoms with Gasteiger partial charge in [-0.25, -0.2) is 13.8 Å². The lowest BCUT2D eigenvalue weighted by Crippen LogP contribution is -2.43. The first-order valence-electron chi connectivity index (χ1n) is 7.96. The number of amidine groups is 1. The highest BCUT2D eigenvalue weighted by Crippen LogP contribution is 2.31. The molecule has 0 atom stereocenters. The maximum absolute atomic E-state index is 13.4. The molecule has 1 aliphatic heterocycles. The summed E-state index contributed by atoms with van der Waals surface area (Å²) in [5.74, 6) is -1.35. The van der Waals surface area contributed by atoms with Crippen LogP contribution in [0.4, 0.5) is 8.78 Å². The number of allylic oxidation sites excluding steroid dienone is 1. The number of likely N-dealkylation sites (tertiary alicyclic amines) is 1. The number of aromatic nitrogens is 2. The first-order valence-corrected chi connectivity index (χ1v) is 8.71. The summed E-state index contributed by atoms with van der Waals surface area (Å²) in [6, 6.07) is 3.41. The van der Waals surface area contributed by atoms with Gasteiger partial charge in [0.25, 0.3) is 5.92 Å². The molecule has 134 valence electrons. The van der Waals surface area contributed by atoms with E-state index in [0.29, 0.717) is 27.2 Å². The molecule has 0 bridgehead atoms. The number of nitrogens with zero attached hydrogens (tertiary/aromatic N) is 3. The Morgan fingerprint density at radius 2 is 1.92 bits per heavy atom. The van der Waals surface area contributed by atoms with Crippen molar-refractivity contribution in [3.8, 4) is 0 Å². The molecule has 2 heterocycles. The van der Waals surface area contributed by atoms with Crippen molar-refractivity contribution in [1.82, 2.24) is 14.9 Å². The Labute approximate surface area is 154 Å². The molecule has 3 rings (SSSR count). The van der Waals surface area contributed by atoms with Crippen LogP contribution in [0.2, 0.25) is 10.0 Å². The third kappa shape index (κ3) is 3.65. The van der Waals surface area contributed by atoms with Gasteiger partial charge in [0.1, 0.15) is 11.7 Å². The third-order valence-corrected chi connectivity index (χ3v) is 5.04. The lowest BCUT2D eigenvalue weighted by atomic mass is 10.0. The number of hydrogen-bond donors (Lipinski definition) is 1. The highest BCUT2D eigenvalue weighted by molar-refractivity contribution is 6.42. The second kappa shape index (κ2) is 6.92. The summed E-state index contributed by atoms with van der Waals surface area (Å²) in [6.45, 7) is 2.38. The van der Waals surface area contributed by atoms with Crippen LogP contribution in [-0.2, 0) is 0 Å². The van der Waals surface area contributed by atoms with Crippen LogP contribution in [0.3, 0.4) is 0 Å². The molecule has 1 aromatic carbocycles. The van der Waals surface area contributed by atoms with E-state index >= 15 is 0 Å². The van der Waals surface area contributed by atoms with Crippen LogP contribution in [-0.4, -0.2) is 46.8 Å². The number of aromatic amines is 1. The molecule has 1 fully saturated rings. The Balaban J connectivity index is 1.93. The summed E-state index contributed by atoms with van der Waals surface area (Å²) in [5.41, 5.74) is 2.20. The Kier molecular flexibility index (Phi) is 5.02. The molecule has 1 aliphatic rings. The smallest absolute Gasteiger partial charge is 0.251 e. The highest BCUT2D eigenvalue weighted by atomic mass is 35.5. The fourth-order valence-corrected chi connectivity index (χ4v) is 3.30. The maximum Gasteiger partial charge on any atom is 0.251 e. The number of nitrogens with one attached hydrogen (secondary N) is 1. The van der Waals surface area contributed by atoms with Crippen LogP contribution in [0, 0.1) is 0 Å². The van der Waals surface area contributed by atoms with Crippen LogP contribution < -0.4 is 0 Å². The Morgan fingerprint density at radius 1 is 1.28 bits per heavy atom. The third-order valence-electron chi connectivity index (χ3n) is 4.31. The van der Waals surface area contributed by atoms with Gasteiger partial charge >= 0.3 is 0 Å². The average molecular weight is 387 g/mol. The van der Waals surface area contributed by atoms with E-state index in [9.17, 15) is 8.78 Å². The zero-order chi connectivity index (χ0) is 18.2. The minimum Gasteiger partial charge on any atom is -0.356 e. The zero-order valence-electron chi connectivity index (χ0n) is 13.9. The average Bonchev–Trinajstić information content (AvgIpc) is 2.95. The quantitative estimate of drug-likeness (QED) is 0.580. The van der Waals surface area contributed by atoms with E-state index in [2.05, 4.69) is 15.0 Å². The molecule has 0 aliphatic carbocycles. The van der Waals surface area contributed by atoms with Crippen molar-refractivity contribution in [2.45, 2.75) is 25.7 Å². The Morgan fingerprint density at radius 3 is 2.52 bits per heavy atom. The highest BCUT2D eigenvalue weighted by Gasteiger charge is 2.35. The van der Waals surface area contributed by atoms with Gasteiger partial charge in [0.15, 0.2) is 0 Å². The number of hydrogen-bond acceptors (Lipinski definition) is 2. The van der Waals surface area contributed by atoms with E-state index in [0.717, 1.165) is 11.1 Å². The molecular formula is C17H18Cl2F2N4. The van der Waals surface area contributed by atoms with Crippen molar-refractivity contribution < 1.29 is 8.78 Å². The summed E-state index contributed by atoms with van der Waals surface area (Å²) in [7, 11) is 1.65. The Bertz CT molecular complexity index is 809. The van der Waals surface area contributed by atoms with Crippen molar-refractivity contribution >= 4 is 45.6 Å². The van der Waals surface area contributed by atoms with Crippen molar-refractivity contribution in [2.24, 2.45) is 4.99 Å². The molecule has 0 saturated carbocycles. The van der Waals surface area contributed by atoms with Gasteiger partial charge in [0.2, 0.25) is 0 Å². The molecule has 8 heteroatoms. The molecule has 0 radical (unpaired) electrons. The van der Waals surface area contributed by atoms with E-state index in [4.69, 9.17) is 23.2 Å². The summed E-state index contributed by atoms with van der Waals surface area (Å²) in [5, 5.41) is 0.867. The lowest BCUT2D eigenvalue weighted by Gasteiger charge is -2.34. The largest absolute Gasteiger partial charge is 0.356 e. The first kappa shape index (κ1) is 18.1. The number of benzene rings is 1. The number of alkyl halides is 2. The van der Waals surface area contributed by atoms with E-state index in [-0.39, 0.29) is 25.9 Å². The van der Waals surface area contributed by atoms with Crippen LogP contribution >= 0.6 is 23.2 Å². The molecule has 0 unspecified atom stereocenters. The van der Waals surface area contributed by atoms with Gasteiger partial charge in [0, 0.05) is 33.0 Å². The minimum absolute atomic E-state index is 0.172. The number of imidazole rings is 1. The summed E-state index contributed by atoms with van der Waals surface area (Å²) >= 11 is 12.1. The summed E-state index contributed by atoms with van der Waals surface area (Å²) in [6.07, 6.45) is 1.53. The second-order valence-electron chi connectivity index (χ2n) is 5.96. The van der Waals surface area contributed by atoms with Gasteiger partial charge in [-0.05, 0) is 19.1 Å². The van der Waals surface area contributed by atoms with Crippen molar-refractivity contribution in [3.05, 3.63) is 34.1 Å². The van der Waals surface area contributed by atoms with Crippen LogP contribution in [0.1, 0.15) is 25.6 Å². The molecule has 1 saturated heterocycles. The molecule has 1 N–H and O–H groups in total. The van der Waals surface area contributed by atoms with E-state index < -0.39 is 5.92 Å². The van der Waals surface area contributed by atoms with Crippen molar-refractivity contribution in [1.29, 1.82) is 0 Å². The Hall–Kier alpha value is -1.66. The molecule has 4 nitrogen and oxygen atoms in total. The molecule has 2 aromatic rings. The number of fused-ring (bicyclic) bond motifs is 1. The summed E-state index contributed by atoms with van der Waals surface area (Å²) in [4.78, 5) is 14.0. The first-order chi connectivity index (χ1) is 11.8. The van der Waals surface area contributed by atoms with Gasteiger partial charge in [-0.2, -0.15) is 0 Å². The molecule has 1 aromatic heterocycles. The standard InChI is InChI=1S/C17H18Cl2F2N4/c1-3-10(16(22-2)25-6-4-17(20,21)5-7-25)15-23-13-8-11(18)12(19)9-14(13)24-15/h3,8-9H,4-7H2,1-2H3,(H,23,24)/b10-3-,22-16?. The SMILES string of the molecule is C/C=C(\C(=NC)N1CCC(F)(F)CC1)c1nc2cc(Cl)c(Cl)cc2[nH]1. The topological polar surface area (TPSA) is 44.3 Å². The fraction of sp³-hybridized carbons (Fsp3) is 0.412. The minimum atomic E-state index is -2.60. The molecule has 25 heavy (non-hydrogen) atoms. The maximum atomic E-state index is 13.4. The number of piperidine rings is 1. The van der Waals surface area contributed by atoms with Gasteiger partial charge in [-0.3, -0.25) is 4.99 Å². The zero-order valence-corrected chi connectivity index (χ0v) is 15.4. The van der Waals surface area contributed by atoms with Gasteiger partial charge < -0.3 is 9.88 Å². The van der Waals surface area contributed by atoms with Gasteiger partial charge in [-0.15, -0.1) is 0 Å². The van der Waals surface area contributed by atoms with Crippen molar-refractivity contribution in [2.75, 3.05) is 20.1 Å². The lowest BCUT2D eigenvalue weighted by molar-refractivity contribution is -0.0432. The van der Waals surface area contributed by atoms with Crippen LogP contribution in [0.5, 0.6) is 0 Å². The molecular weight excluding hydrogens is 369 g/mol. The van der Waals surface area contributed by atoms with E-state index in [1.54, 1.807) is 19.2 Å². The normalized spacial score (nSPS) is 18.9. The van der Waals surface area contributed by atoms with E-state index in [1.165, 1.54) is 0 Å². The van der Waals surface area contributed by atoms with Crippen LogP contribution in [0.15, 0.2) is 23.2 Å². The predicted molar refractivity (Wildman–Crippen MR) is 98.9 cm³/mol. The van der Waals surface area contributed by atoms with E-state index in [1.807, 2.05) is 17.9 Å². The number of aliphatic imine (C=N–C) groups is 1. The number of rotatable bonds is 2. The predicted octanol–water partition coefficient (Wildman–Crippen LogP) is 5.03.